The van der Waals surface area contributed by atoms with Crippen molar-refractivity contribution in [2.75, 3.05) is 6.54 Å². The highest BCUT2D eigenvalue weighted by atomic mass is 79.9. The molecule has 0 heterocycles. The van der Waals surface area contributed by atoms with Gasteiger partial charge in [0.1, 0.15) is 11.6 Å². The smallest absolute Gasteiger partial charge is 0.137 e. The van der Waals surface area contributed by atoms with Crippen LogP contribution in [-0.2, 0) is 0 Å². The fourth-order valence-electron chi connectivity index (χ4n) is 1.29. The topological polar surface area (TPSA) is 12.0 Å². The Labute approximate surface area is 90.6 Å². The minimum absolute atomic E-state index is 0.155. The number of hydrogen-bond acceptors (Lipinski definition) is 1. The molecule has 0 fully saturated rings. The van der Waals surface area contributed by atoms with E-state index >= 15 is 0 Å². The van der Waals surface area contributed by atoms with E-state index in [-0.39, 0.29) is 10.5 Å². The monoisotopic (exact) mass is 263 g/mol. The van der Waals surface area contributed by atoms with E-state index < -0.39 is 11.6 Å². The highest BCUT2D eigenvalue weighted by Crippen LogP contribution is 2.23. The molecule has 0 spiro atoms. The van der Waals surface area contributed by atoms with Gasteiger partial charge >= 0.3 is 0 Å². The Bertz CT molecular complexity index is 328. The molecule has 1 N–H and O–H groups in total. The van der Waals surface area contributed by atoms with Crippen molar-refractivity contribution >= 4 is 15.9 Å². The van der Waals surface area contributed by atoms with Crippen molar-refractivity contribution in [1.82, 2.24) is 5.32 Å². The first-order valence-corrected chi connectivity index (χ1v) is 5.23. The summed E-state index contributed by atoms with van der Waals surface area (Å²) in [6, 6.07) is 2.19. The van der Waals surface area contributed by atoms with Crippen LogP contribution in [0.4, 0.5) is 8.78 Å². The molecule has 4 heteroatoms. The van der Waals surface area contributed by atoms with Crippen LogP contribution in [0.3, 0.4) is 0 Å². The van der Waals surface area contributed by atoms with Gasteiger partial charge in [-0.1, -0.05) is 6.92 Å². The van der Waals surface area contributed by atoms with Gasteiger partial charge < -0.3 is 5.32 Å². The lowest BCUT2D eigenvalue weighted by atomic mass is 10.1. The normalized spacial score (nSPS) is 12.9. The SMILES string of the molecule is CCNC(C)c1cc(F)c(Br)cc1F. The molecule has 0 aliphatic heterocycles. The van der Waals surface area contributed by atoms with E-state index in [1.807, 2.05) is 6.92 Å². The van der Waals surface area contributed by atoms with E-state index in [2.05, 4.69) is 21.2 Å². The van der Waals surface area contributed by atoms with Gasteiger partial charge in [-0.2, -0.15) is 0 Å². The van der Waals surface area contributed by atoms with Gasteiger partial charge in [-0.05, 0) is 41.5 Å². The second kappa shape index (κ2) is 4.84. The van der Waals surface area contributed by atoms with E-state index in [0.717, 1.165) is 12.6 Å². The summed E-state index contributed by atoms with van der Waals surface area (Å²) in [5.74, 6) is -0.835. The molecule has 14 heavy (non-hydrogen) atoms. The highest BCUT2D eigenvalue weighted by Gasteiger charge is 2.13. The lowest BCUT2D eigenvalue weighted by molar-refractivity contribution is 0.527. The number of halogens is 3. The van der Waals surface area contributed by atoms with Gasteiger partial charge in [-0.25, -0.2) is 8.78 Å². The molecule has 1 atom stereocenters. The van der Waals surface area contributed by atoms with Crippen LogP contribution in [0.15, 0.2) is 16.6 Å². The average molecular weight is 264 g/mol. The van der Waals surface area contributed by atoms with Crippen molar-refractivity contribution in [1.29, 1.82) is 0 Å². The van der Waals surface area contributed by atoms with Crippen molar-refractivity contribution in [2.45, 2.75) is 19.9 Å². The van der Waals surface area contributed by atoms with Gasteiger partial charge in [0.15, 0.2) is 0 Å². The maximum Gasteiger partial charge on any atom is 0.137 e. The lowest BCUT2D eigenvalue weighted by Gasteiger charge is -2.14. The van der Waals surface area contributed by atoms with Crippen molar-refractivity contribution in [3.8, 4) is 0 Å². The maximum absolute atomic E-state index is 13.4. The third kappa shape index (κ3) is 2.51. The van der Waals surface area contributed by atoms with Gasteiger partial charge in [-0.3, -0.25) is 0 Å². The first-order valence-electron chi connectivity index (χ1n) is 4.44. The van der Waals surface area contributed by atoms with E-state index in [1.54, 1.807) is 6.92 Å². The molecule has 0 aliphatic carbocycles. The number of hydrogen-bond donors (Lipinski definition) is 1. The van der Waals surface area contributed by atoms with Gasteiger partial charge in [0.25, 0.3) is 0 Å². The summed E-state index contributed by atoms with van der Waals surface area (Å²) in [5.41, 5.74) is 0.354. The number of nitrogens with one attached hydrogen (secondary N) is 1. The molecule has 0 amide bonds. The fraction of sp³-hybridized carbons (Fsp3) is 0.400. The minimum atomic E-state index is -0.439. The Morgan fingerprint density at radius 3 is 2.57 bits per heavy atom. The molecule has 0 radical (unpaired) electrons. The molecule has 78 valence electrons. The predicted octanol–water partition coefficient (Wildman–Crippen LogP) is 3.40. The van der Waals surface area contributed by atoms with Crippen molar-refractivity contribution < 1.29 is 8.78 Å². The van der Waals surface area contributed by atoms with Gasteiger partial charge in [-0.15, -0.1) is 0 Å². The van der Waals surface area contributed by atoms with Gasteiger partial charge in [0, 0.05) is 11.6 Å². The first kappa shape index (κ1) is 11.6. The zero-order valence-corrected chi connectivity index (χ0v) is 9.66. The molecule has 1 unspecified atom stereocenters. The molecule has 0 saturated carbocycles. The molecule has 1 rings (SSSR count). The Morgan fingerprint density at radius 1 is 1.36 bits per heavy atom. The third-order valence-corrected chi connectivity index (χ3v) is 2.62. The molecule has 0 aliphatic rings. The average Bonchev–Trinajstić information content (AvgIpc) is 2.11. The Morgan fingerprint density at radius 2 is 2.00 bits per heavy atom. The second-order valence-electron chi connectivity index (χ2n) is 3.07. The van der Waals surface area contributed by atoms with E-state index in [9.17, 15) is 8.78 Å². The maximum atomic E-state index is 13.4. The molecule has 1 aromatic rings. The molecule has 1 nitrogen and oxygen atoms in total. The summed E-state index contributed by atoms with van der Waals surface area (Å²) in [7, 11) is 0. The molecule has 0 saturated heterocycles. The largest absolute Gasteiger partial charge is 0.310 e. The Balaban J connectivity index is 3.02. The van der Waals surface area contributed by atoms with Crippen molar-refractivity contribution in [3.63, 3.8) is 0 Å². The van der Waals surface area contributed by atoms with Crippen LogP contribution in [0.5, 0.6) is 0 Å². The Hall–Kier alpha value is -0.480. The van der Waals surface area contributed by atoms with Crippen molar-refractivity contribution in [2.24, 2.45) is 0 Å². The summed E-state index contributed by atoms with van der Waals surface area (Å²) < 4.78 is 26.6. The van der Waals surface area contributed by atoms with Gasteiger partial charge in [0.05, 0.1) is 4.47 Å². The quantitative estimate of drug-likeness (QED) is 0.825. The number of rotatable bonds is 3. The molecular weight excluding hydrogens is 252 g/mol. The standard InChI is InChI=1S/C10H12BrF2N/c1-3-14-6(2)7-4-10(13)8(11)5-9(7)12/h4-6,14H,3H2,1-2H3. The molecule has 1 aromatic carbocycles. The Kier molecular flexibility index (Phi) is 4.01. The zero-order valence-electron chi connectivity index (χ0n) is 8.07. The van der Waals surface area contributed by atoms with E-state index in [4.69, 9.17) is 0 Å². The molecule has 0 aromatic heterocycles. The summed E-state index contributed by atoms with van der Waals surface area (Å²) in [5, 5.41) is 3.03. The first-order chi connectivity index (χ1) is 6.56. The lowest BCUT2D eigenvalue weighted by Crippen LogP contribution is -2.19. The van der Waals surface area contributed by atoms with Crippen LogP contribution >= 0.6 is 15.9 Å². The van der Waals surface area contributed by atoms with E-state index in [1.165, 1.54) is 6.07 Å². The fourth-order valence-corrected chi connectivity index (χ4v) is 1.60. The van der Waals surface area contributed by atoms with Crippen LogP contribution in [0.2, 0.25) is 0 Å². The third-order valence-electron chi connectivity index (χ3n) is 2.02. The highest BCUT2D eigenvalue weighted by molar-refractivity contribution is 9.10. The zero-order chi connectivity index (χ0) is 10.7. The second-order valence-corrected chi connectivity index (χ2v) is 3.92. The summed E-state index contributed by atoms with van der Waals surface area (Å²) in [4.78, 5) is 0. The summed E-state index contributed by atoms with van der Waals surface area (Å²) >= 11 is 2.93. The van der Waals surface area contributed by atoms with Crippen LogP contribution < -0.4 is 5.32 Å². The predicted molar refractivity (Wildman–Crippen MR) is 56.1 cm³/mol. The summed E-state index contributed by atoms with van der Waals surface area (Å²) in [6.07, 6.45) is 0. The summed E-state index contributed by atoms with van der Waals surface area (Å²) in [6.45, 7) is 4.44. The van der Waals surface area contributed by atoms with Crippen LogP contribution in [-0.4, -0.2) is 6.54 Å². The number of benzene rings is 1. The van der Waals surface area contributed by atoms with Crippen LogP contribution in [0, 0.1) is 11.6 Å². The van der Waals surface area contributed by atoms with Crippen LogP contribution in [0.1, 0.15) is 25.5 Å². The minimum Gasteiger partial charge on any atom is -0.310 e. The van der Waals surface area contributed by atoms with Gasteiger partial charge in [0.2, 0.25) is 0 Å². The van der Waals surface area contributed by atoms with Crippen LogP contribution in [0.25, 0.3) is 0 Å². The molecule has 0 bridgehead atoms. The van der Waals surface area contributed by atoms with Crippen molar-refractivity contribution in [3.05, 3.63) is 33.8 Å². The van der Waals surface area contributed by atoms with E-state index in [0.29, 0.717) is 5.56 Å². The molecular formula is C10H12BrF2N.